The van der Waals surface area contributed by atoms with Crippen molar-refractivity contribution in [3.8, 4) is 0 Å². The fourth-order valence-electron chi connectivity index (χ4n) is 3.42. The molecule has 1 aliphatic rings. The Balaban J connectivity index is 1.74. The van der Waals surface area contributed by atoms with E-state index >= 15 is 0 Å². The molecular weight excluding hydrogens is 305 g/mol. The van der Waals surface area contributed by atoms with Crippen LogP contribution in [0.1, 0.15) is 31.0 Å². The minimum Gasteiger partial charge on any atom is -0.347 e. The number of nitrogens with zero attached hydrogens (tertiary/aromatic N) is 2. The Morgan fingerprint density at radius 1 is 1.25 bits per heavy atom. The van der Waals surface area contributed by atoms with Gasteiger partial charge in [0.25, 0.3) is 0 Å². The standard InChI is InChI=1S/C19H22FN3O/c1-15(24)22-19(16-5-4-6-17(20)13-16)8-11-23(12-9-19)14-18-7-2-3-10-21-18/h2-7,10,13H,8-9,11-12,14H2,1H3,(H,22,24). The Morgan fingerprint density at radius 3 is 2.67 bits per heavy atom. The quantitative estimate of drug-likeness (QED) is 0.939. The van der Waals surface area contributed by atoms with E-state index < -0.39 is 5.54 Å². The van der Waals surface area contributed by atoms with E-state index in [1.807, 2.05) is 24.3 Å². The van der Waals surface area contributed by atoms with Crippen LogP contribution in [-0.2, 0) is 16.9 Å². The third-order valence-electron chi connectivity index (χ3n) is 4.61. The smallest absolute Gasteiger partial charge is 0.217 e. The first-order chi connectivity index (χ1) is 11.6. The summed E-state index contributed by atoms with van der Waals surface area (Å²) in [6.07, 6.45) is 3.30. The molecule has 1 amide bonds. The summed E-state index contributed by atoms with van der Waals surface area (Å²) in [7, 11) is 0. The molecule has 2 heterocycles. The number of likely N-dealkylation sites (tertiary alicyclic amines) is 1. The average molecular weight is 327 g/mol. The van der Waals surface area contributed by atoms with Gasteiger partial charge in [0.1, 0.15) is 5.82 Å². The van der Waals surface area contributed by atoms with E-state index in [0.717, 1.165) is 43.7 Å². The lowest BCUT2D eigenvalue weighted by Gasteiger charge is -2.42. The molecule has 1 aromatic carbocycles. The Bertz CT molecular complexity index is 697. The van der Waals surface area contributed by atoms with Crippen LogP contribution in [0.4, 0.5) is 4.39 Å². The molecular formula is C19H22FN3O. The van der Waals surface area contributed by atoms with Crippen LogP contribution in [0.5, 0.6) is 0 Å². The molecule has 0 saturated carbocycles. The number of pyridine rings is 1. The summed E-state index contributed by atoms with van der Waals surface area (Å²) in [5, 5.41) is 3.08. The lowest BCUT2D eigenvalue weighted by molar-refractivity contribution is -0.121. The fraction of sp³-hybridized carbons (Fsp3) is 0.368. The summed E-state index contributed by atoms with van der Waals surface area (Å²) in [5.74, 6) is -0.356. The Hall–Kier alpha value is -2.27. The van der Waals surface area contributed by atoms with Gasteiger partial charge in [0, 0.05) is 32.8 Å². The van der Waals surface area contributed by atoms with Crippen molar-refractivity contribution in [2.75, 3.05) is 13.1 Å². The van der Waals surface area contributed by atoms with Gasteiger partial charge in [-0.1, -0.05) is 18.2 Å². The molecule has 0 unspecified atom stereocenters. The molecule has 0 atom stereocenters. The number of nitrogens with one attached hydrogen (secondary N) is 1. The van der Waals surface area contributed by atoms with Gasteiger partial charge in [-0.25, -0.2) is 4.39 Å². The summed E-state index contributed by atoms with van der Waals surface area (Å²) in [5.41, 5.74) is 1.39. The molecule has 0 radical (unpaired) electrons. The molecule has 1 aliphatic heterocycles. The van der Waals surface area contributed by atoms with Crippen LogP contribution in [0.15, 0.2) is 48.7 Å². The molecule has 4 nitrogen and oxygen atoms in total. The van der Waals surface area contributed by atoms with Gasteiger partial charge in [-0.3, -0.25) is 14.7 Å². The maximum atomic E-state index is 13.7. The summed E-state index contributed by atoms with van der Waals surface area (Å²) in [6, 6.07) is 12.5. The highest BCUT2D eigenvalue weighted by atomic mass is 19.1. The van der Waals surface area contributed by atoms with Crippen LogP contribution in [0.3, 0.4) is 0 Å². The van der Waals surface area contributed by atoms with Crippen LogP contribution in [-0.4, -0.2) is 28.9 Å². The van der Waals surface area contributed by atoms with Crippen LogP contribution in [0.2, 0.25) is 0 Å². The zero-order valence-corrected chi connectivity index (χ0v) is 13.8. The minimum atomic E-state index is -0.492. The van der Waals surface area contributed by atoms with E-state index in [2.05, 4.69) is 15.2 Å². The Labute approximate surface area is 141 Å². The highest BCUT2D eigenvalue weighted by molar-refractivity contribution is 5.74. The van der Waals surface area contributed by atoms with Crippen molar-refractivity contribution < 1.29 is 9.18 Å². The predicted molar refractivity (Wildman–Crippen MR) is 90.6 cm³/mol. The molecule has 2 aromatic rings. The highest BCUT2D eigenvalue weighted by Crippen LogP contribution is 2.33. The van der Waals surface area contributed by atoms with Crippen LogP contribution in [0, 0.1) is 5.82 Å². The topological polar surface area (TPSA) is 45.2 Å². The van der Waals surface area contributed by atoms with Gasteiger partial charge in [-0.15, -0.1) is 0 Å². The van der Waals surface area contributed by atoms with Gasteiger partial charge >= 0.3 is 0 Å². The number of carbonyl (C=O) groups excluding carboxylic acids is 1. The number of amides is 1. The Kier molecular flexibility index (Phi) is 4.90. The van der Waals surface area contributed by atoms with Crippen molar-refractivity contribution in [3.63, 3.8) is 0 Å². The monoisotopic (exact) mass is 327 g/mol. The number of aromatic nitrogens is 1. The number of benzene rings is 1. The van der Waals surface area contributed by atoms with Crippen molar-refractivity contribution in [3.05, 3.63) is 65.7 Å². The largest absolute Gasteiger partial charge is 0.347 e. The van der Waals surface area contributed by atoms with E-state index in [9.17, 15) is 9.18 Å². The fourth-order valence-corrected chi connectivity index (χ4v) is 3.42. The maximum absolute atomic E-state index is 13.7. The number of halogens is 1. The van der Waals surface area contributed by atoms with E-state index in [4.69, 9.17) is 0 Å². The van der Waals surface area contributed by atoms with Crippen LogP contribution < -0.4 is 5.32 Å². The lowest BCUT2D eigenvalue weighted by atomic mass is 9.80. The zero-order chi connectivity index (χ0) is 17.0. The minimum absolute atomic E-state index is 0.0857. The van der Waals surface area contributed by atoms with Gasteiger partial charge in [0.15, 0.2) is 0 Å². The molecule has 0 spiro atoms. The number of hydrogen-bond donors (Lipinski definition) is 1. The van der Waals surface area contributed by atoms with E-state index in [0.29, 0.717) is 0 Å². The van der Waals surface area contributed by atoms with Crippen LogP contribution in [0.25, 0.3) is 0 Å². The summed E-state index contributed by atoms with van der Waals surface area (Å²) < 4.78 is 13.7. The second kappa shape index (κ2) is 7.09. The van der Waals surface area contributed by atoms with Gasteiger partial charge in [0.2, 0.25) is 5.91 Å². The normalized spacial score (nSPS) is 17.4. The lowest BCUT2D eigenvalue weighted by Crippen LogP contribution is -2.52. The van der Waals surface area contributed by atoms with Crippen molar-refractivity contribution in [1.29, 1.82) is 0 Å². The number of hydrogen-bond acceptors (Lipinski definition) is 3. The predicted octanol–water partition coefficient (Wildman–Crippen LogP) is 2.85. The van der Waals surface area contributed by atoms with Crippen molar-refractivity contribution in [1.82, 2.24) is 15.2 Å². The molecule has 0 bridgehead atoms. The van der Waals surface area contributed by atoms with Crippen molar-refractivity contribution in [2.24, 2.45) is 0 Å². The zero-order valence-electron chi connectivity index (χ0n) is 13.8. The van der Waals surface area contributed by atoms with E-state index in [1.165, 1.54) is 19.1 Å². The van der Waals surface area contributed by atoms with Gasteiger partial charge in [-0.2, -0.15) is 0 Å². The second-order valence-corrected chi connectivity index (χ2v) is 6.37. The van der Waals surface area contributed by atoms with E-state index in [1.54, 1.807) is 12.3 Å². The highest BCUT2D eigenvalue weighted by Gasteiger charge is 2.37. The second-order valence-electron chi connectivity index (χ2n) is 6.37. The number of rotatable bonds is 4. The molecule has 1 N–H and O–H groups in total. The molecule has 24 heavy (non-hydrogen) atoms. The molecule has 1 fully saturated rings. The Morgan fingerprint density at radius 2 is 2.04 bits per heavy atom. The van der Waals surface area contributed by atoms with Crippen molar-refractivity contribution >= 4 is 5.91 Å². The molecule has 1 saturated heterocycles. The first-order valence-electron chi connectivity index (χ1n) is 8.24. The molecule has 3 rings (SSSR count). The van der Waals surface area contributed by atoms with E-state index in [-0.39, 0.29) is 11.7 Å². The first kappa shape index (κ1) is 16.6. The van der Waals surface area contributed by atoms with Gasteiger partial charge < -0.3 is 5.32 Å². The van der Waals surface area contributed by atoms with Gasteiger partial charge in [-0.05, 0) is 42.7 Å². The third-order valence-corrected chi connectivity index (χ3v) is 4.61. The number of piperidine rings is 1. The third kappa shape index (κ3) is 3.79. The molecule has 5 heteroatoms. The SMILES string of the molecule is CC(=O)NC1(c2cccc(F)c2)CCN(Cc2ccccn2)CC1. The summed E-state index contributed by atoms with van der Waals surface area (Å²) >= 11 is 0. The summed E-state index contributed by atoms with van der Waals surface area (Å²) in [6.45, 7) is 3.96. The first-order valence-corrected chi connectivity index (χ1v) is 8.24. The molecule has 126 valence electrons. The molecule has 1 aromatic heterocycles. The summed E-state index contributed by atoms with van der Waals surface area (Å²) in [4.78, 5) is 18.4. The maximum Gasteiger partial charge on any atom is 0.217 e. The average Bonchev–Trinajstić information content (AvgIpc) is 2.57. The van der Waals surface area contributed by atoms with Gasteiger partial charge in [0.05, 0.1) is 11.2 Å². The van der Waals surface area contributed by atoms with Crippen molar-refractivity contribution in [2.45, 2.75) is 31.8 Å². The molecule has 0 aliphatic carbocycles. The number of carbonyl (C=O) groups is 1. The van der Waals surface area contributed by atoms with Crippen LogP contribution >= 0.6 is 0 Å².